The molecule has 0 amide bonds. The lowest BCUT2D eigenvalue weighted by atomic mass is 9.99. The van der Waals surface area contributed by atoms with Crippen molar-refractivity contribution >= 4 is 17.2 Å². The summed E-state index contributed by atoms with van der Waals surface area (Å²) >= 11 is 0. The lowest BCUT2D eigenvalue weighted by Crippen LogP contribution is -2.38. The Morgan fingerprint density at radius 3 is 2.35 bits per heavy atom. The quantitative estimate of drug-likeness (QED) is 0.269. The summed E-state index contributed by atoms with van der Waals surface area (Å²) in [5.74, 6) is -0.600. The Morgan fingerprint density at radius 1 is 1.03 bits per heavy atom. The molecule has 1 saturated heterocycles. The van der Waals surface area contributed by atoms with Gasteiger partial charge < -0.3 is 9.64 Å². The van der Waals surface area contributed by atoms with Crippen LogP contribution in [0.5, 0.6) is 5.75 Å². The number of hydrogen-bond donors (Lipinski definition) is 0. The molecule has 184 valence electrons. The molecule has 1 unspecified atom stereocenters. The Labute approximate surface area is 194 Å². The van der Waals surface area contributed by atoms with Crippen LogP contribution in [0.1, 0.15) is 49.8 Å². The number of hydrogen-bond acceptors (Lipinski definition) is 3. The SMILES string of the molecule is C/N=C(\N=C(/C)c1ccc(N2CCCCC2C)c(C(F)(F)F)c1)c1ccccc1OC(F)(F)F. The third kappa shape index (κ3) is 6.09. The van der Waals surface area contributed by atoms with Crippen molar-refractivity contribution in [2.75, 3.05) is 18.5 Å². The molecule has 34 heavy (non-hydrogen) atoms. The van der Waals surface area contributed by atoms with E-state index in [9.17, 15) is 26.3 Å². The largest absolute Gasteiger partial charge is 0.573 e. The van der Waals surface area contributed by atoms with Crippen molar-refractivity contribution in [3.8, 4) is 5.75 Å². The van der Waals surface area contributed by atoms with Crippen LogP contribution >= 0.6 is 0 Å². The van der Waals surface area contributed by atoms with Gasteiger partial charge in [0.25, 0.3) is 0 Å². The maximum atomic E-state index is 14.0. The van der Waals surface area contributed by atoms with Crippen molar-refractivity contribution in [2.24, 2.45) is 9.98 Å². The summed E-state index contributed by atoms with van der Waals surface area (Å²) in [6.45, 7) is 3.93. The fraction of sp³-hybridized carbons (Fsp3) is 0.417. The van der Waals surface area contributed by atoms with Gasteiger partial charge in [-0.1, -0.05) is 18.2 Å². The maximum absolute atomic E-state index is 14.0. The first-order chi connectivity index (χ1) is 15.9. The monoisotopic (exact) mass is 485 g/mol. The van der Waals surface area contributed by atoms with Crippen LogP contribution in [0.4, 0.5) is 32.0 Å². The Balaban J connectivity index is 2.01. The van der Waals surface area contributed by atoms with Gasteiger partial charge in [-0.25, -0.2) is 4.99 Å². The molecule has 1 heterocycles. The van der Waals surface area contributed by atoms with Gasteiger partial charge in [0, 0.05) is 31.0 Å². The van der Waals surface area contributed by atoms with Gasteiger partial charge in [-0.2, -0.15) is 13.2 Å². The highest BCUT2D eigenvalue weighted by molar-refractivity contribution is 6.12. The topological polar surface area (TPSA) is 37.2 Å². The first-order valence-corrected chi connectivity index (χ1v) is 10.8. The van der Waals surface area contributed by atoms with E-state index < -0.39 is 23.9 Å². The molecule has 2 aromatic rings. The lowest BCUT2D eigenvalue weighted by Gasteiger charge is -2.37. The van der Waals surface area contributed by atoms with Crippen LogP contribution < -0.4 is 9.64 Å². The van der Waals surface area contributed by atoms with Crippen LogP contribution in [0.3, 0.4) is 0 Å². The number of benzene rings is 2. The molecule has 0 N–H and O–H groups in total. The van der Waals surface area contributed by atoms with E-state index in [4.69, 9.17) is 0 Å². The van der Waals surface area contributed by atoms with Crippen molar-refractivity contribution in [1.82, 2.24) is 0 Å². The smallest absolute Gasteiger partial charge is 0.405 e. The summed E-state index contributed by atoms with van der Waals surface area (Å²) in [6, 6.07) is 9.31. The second kappa shape index (κ2) is 10.1. The maximum Gasteiger partial charge on any atom is 0.573 e. The van der Waals surface area contributed by atoms with Gasteiger partial charge in [-0.15, -0.1) is 13.2 Å². The summed E-state index contributed by atoms with van der Waals surface area (Å²) in [6.07, 6.45) is -6.90. The highest BCUT2D eigenvalue weighted by atomic mass is 19.4. The van der Waals surface area contributed by atoms with Crippen molar-refractivity contribution in [2.45, 2.75) is 51.7 Å². The fourth-order valence-corrected chi connectivity index (χ4v) is 4.01. The van der Waals surface area contributed by atoms with Gasteiger partial charge in [-0.3, -0.25) is 4.99 Å². The number of halogens is 6. The average molecular weight is 485 g/mol. The van der Waals surface area contributed by atoms with Crippen LogP contribution in [0, 0.1) is 0 Å². The molecular weight excluding hydrogens is 460 g/mol. The van der Waals surface area contributed by atoms with Crippen LogP contribution in [0.25, 0.3) is 0 Å². The minimum atomic E-state index is -4.92. The zero-order valence-corrected chi connectivity index (χ0v) is 19.0. The third-order valence-corrected chi connectivity index (χ3v) is 5.67. The number of ether oxygens (including phenoxy) is 1. The molecular formula is C24H25F6N3O. The zero-order valence-electron chi connectivity index (χ0n) is 19.0. The zero-order chi connectivity index (χ0) is 25.1. The molecule has 1 fully saturated rings. The van der Waals surface area contributed by atoms with E-state index in [0.717, 1.165) is 31.4 Å². The number of nitrogens with zero attached hydrogens (tertiary/aromatic N) is 3. The van der Waals surface area contributed by atoms with Gasteiger partial charge in [0.1, 0.15) is 5.75 Å². The van der Waals surface area contributed by atoms with E-state index in [0.29, 0.717) is 6.54 Å². The van der Waals surface area contributed by atoms with E-state index in [1.165, 1.54) is 44.3 Å². The molecule has 3 rings (SSSR count). The molecule has 1 aliphatic rings. The van der Waals surface area contributed by atoms with Gasteiger partial charge in [0.05, 0.1) is 11.1 Å². The molecule has 0 bridgehead atoms. The van der Waals surface area contributed by atoms with Crippen LogP contribution in [0.2, 0.25) is 0 Å². The molecule has 0 spiro atoms. The number of aliphatic imine (C=N–C) groups is 2. The first-order valence-electron chi connectivity index (χ1n) is 10.8. The van der Waals surface area contributed by atoms with Gasteiger partial charge in [0.15, 0.2) is 5.84 Å². The first kappa shape index (κ1) is 25.6. The van der Waals surface area contributed by atoms with Crippen molar-refractivity contribution in [1.29, 1.82) is 0 Å². The fourth-order valence-electron chi connectivity index (χ4n) is 4.01. The van der Waals surface area contributed by atoms with Crippen molar-refractivity contribution < 1.29 is 31.1 Å². The number of para-hydroxylation sites is 1. The van der Waals surface area contributed by atoms with E-state index >= 15 is 0 Å². The molecule has 1 atom stereocenters. The van der Waals surface area contributed by atoms with Crippen molar-refractivity contribution in [3.63, 3.8) is 0 Å². The summed E-state index contributed by atoms with van der Waals surface area (Å²) < 4.78 is 84.3. The third-order valence-electron chi connectivity index (χ3n) is 5.67. The predicted molar refractivity (Wildman–Crippen MR) is 120 cm³/mol. The summed E-state index contributed by atoms with van der Waals surface area (Å²) in [7, 11) is 1.33. The second-order valence-corrected chi connectivity index (χ2v) is 8.06. The molecule has 0 aromatic heterocycles. The number of piperidine rings is 1. The minimum absolute atomic E-state index is 0.0144. The van der Waals surface area contributed by atoms with Crippen LogP contribution in [-0.4, -0.2) is 37.5 Å². The molecule has 0 radical (unpaired) electrons. The number of amidine groups is 1. The number of anilines is 1. The van der Waals surface area contributed by atoms with Gasteiger partial charge in [-0.05, 0) is 62.9 Å². The standard InChI is InChI=1S/C24H25F6N3O/c1-15-8-6-7-13-33(15)20-12-11-17(14-19(20)23(25,26)27)16(2)32-22(31-3)18-9-4-5-10-21(18)34-24(28,29)30/h4-5,9-12,14-15H,6-8,13H2,1-3H3/b31-22-,32-16+. The Bertz CT molecular complexity index is 1080. The van der Waals surface area contributed by atoms with Crippen molar-refractivity contribution in [3.05, 3.63) is 59.2 Å². The Morgan fingerprint density at radius 2 is 1.74 bits per heavy atom. The average Bonchev–Trinajstić information content (AvgIpc) is 2.76. The summed E-state index contributed by atoms with van der Waals surface area (Å²) in [5.41, 5.74) is -0.326. The minimum Gasteiger partial charge on any atom is -0.405 e. The van der Waals surface area contributed by atoms with Gasteiger partial charge >= 0.3 is 12.5 Å². The Hall–Kier alpha value is -3.04. The van der Waals surface area contributed by atoms with E-state index in [1.54, 1.807) is 4.90 Å². The molecule has 0 aliphatic carbocycles. The lowest BCUT2D eigenvalue weighted by molar-refractivity contribution is -0.274. The molecule has 0 saturated carbocycles. The summed E-state index contributed by atoms with van der Waals surface area (Å²) in [5, 5.41) is 0. The predicted octanol–water partition coefficient (Wildman–Crippen LogP) is 6.87. The summed E-state index contributed by atoms with van der Waals surface area (Å²) in [4.78, 5) is 9.95. The molecule has 4 nitrogen and oxygen atoms in total. The number of alkyl halides is 6. The second-order valence-electron chi connectivity index (χ2n) is 8.06. The van der Waals surface area contributed by atoms with Crippen LogP contribution in [0.15, 0.2) is 52.4 Å². The van der Waals surface area contributed by atoms with E-state index in [-0.39, 0.29) is 34.4 Å². The number of rotatable bonds is 4. The molecule has 1 aliphatic heterocycles. The van der Waals surface area contributed by atoms with E-state index in [2.05, 4.69) is 14.7 Å². The molecule has 10 heteroatoms. The highest BCUT2D eigenvalue weighted by Crippen LogP contribution is 2.39. The van der Waals surface area contributed by atoms with Crippen LogP contribution in [-0.2, 0) is 6.18 Å². The highest BCUT2D eigenvalue weighted by Gasteiger charge is 2.37. The van der Waals surface area contributed by atoms with E-state index in [1.807, 2.05) is 6.92 Å². The Kier molecular flexibility index (Phi) is 7.57. The van der Waals surface area contributed by atoms with Gasteiger partial charge in [0.2, 0.25) is 0 Å². The molecule has 2 aromatic carbocycles. The normalized spacial score (nSPS) is 18.3.